The van der Waals surface area contributed by atoms with Gasteiger partial charge in [-0.1, -0.05) is 28.1 Å². The van der Waals surface area contributed by atoms with E-state index >= 15 is 0 Å². The normalized spacial score (nSPS) is 10.7. The van der Waals surface area contributed by atoms with Gasteiger partial charge in [-0.3, -0.25) is 14.2 Å². The SMILES string of the molecule is COc1cccc(C(=O)Cn2cnc3ccc(Br)cc3c2=O)c1. The van der Waals surface area contributed by atoms with Gasteiger partial charge < -0.3 is 4.74 Å². The van der Waals surface area contributed by atoms with Gasteiger partial charge in [0.15, 0.2) is 5.78 Å². The number of carbonyl (C=O) groups is 1. The Morgan fingerprint density at radius 2 is 2.09 bits per heavy atom. The minimum Gasteiger partial charge on any atom is -0.497 e. The molecule has 0 atom stereocenters. The van der Waals surface area contributed by atoms with Crippen LogP contribution in [0.15, 0.2) is 58.1 Å². The van der Waals surface area contributed by atoms with Crippen LogP contribution in [0.25, 0.3) is 10.9 Å². The van der Waals surface area contributed by atoms with E-state index in [4.69, 9.17) is 4.74 Å². The van der Waals surface area contributed by atoms with Crippen LogP contribution in [0.2, 0.25) is 0 Å². The number of aromatic nitrogens is 2. The lowest BCUT2D eigenvalue weighted by Gasteiger charge is -2.07. The number of hydrogen-bond donors (Lipinski definition) is 0. The number of methoxy groups -OCH3 is 1. The van der Waals surface area contributed by atoms with Crippen molar-refractivity contribution in [3.8, 4) is 5.75 Å². The van der Waals surface area contributed by atoms with Crippen molar-refractivity contribution in [2.75, 3.05) is 7.11 Å². The van der Waals surface area contributed by atoms with Crippen molar-refractivity contribution in [1.82, 2.24) is 9.55 Å². The molecule has 0 saturated heterocycles. The van der Waals surface area contributed by atoms with Crippen molar-refractivity contribution in [3.05, 3.63) is 69.2 Å². The Kier molecular flexibility index (Phi) is 4.25. The summed E-state index contributed by atoms with van der Waals surface area (Å²) in [6.07, 6.45) is 1.40. The van der Waals surface area contributed by atoms with E-state index in [1.54, 1.807) is 43.5 Å². The summed E-state index contributed by atoms with van der Waals surface area (Å²) in [7, 11) is 1.54. The highest BCUT2D eigenvalue weighted by molar-refractivity contribution is 9.10. The van der Waals surface area contributed by atoms with Gasteiger partial charge in [0.05, 0.1) is 30.9 Å². The average Bonchev–Trinajstić information content (AvgIpc) is 2.58. The molecule has 0 aliphatic carbocycles. The number of halogens is 1. The van der Waals surface area contributed by atoms with Gasteiger partial charge in [0, 0.05) is 10.0 Å². The van der Waals surface area contributed by atoms with Crippen LogP contribution >= 0.6 is 15.9 Å². The molecule has 0 spiro atoms. The highest BCUT2D eigenvalue weighted by Crippen LogP contribution is 2.16. The standard InChI is InChI=1S/C17H13BrN2O3/c1-23-13-4-2-3-11(7-13)16(21)9-20-10-19-15-6-5-12(18)8-14(15)17(20)22/h2-8,10H,9H2,1H3. The first-order chi connectivity index (χ1) is 11.1. The van der Waals surface area contributed by atoms with Crippen LogP contribution in [0.4, 0.5) is 0 Å². The van der Waals surface area contributed by atoms with E-state index < -0.39 is 0 Å². The molecule has 0 bridgehead atoms. The van der Waals surface area contributed by atoms with Crippen molar-refractivity contribution >= 4 is 32.6 Å². The smallest absolute Gasteiger partial charge is 0.261 e. The highest BCUT2D eigenvalue weighted by atomic mass is 79.9. The van der Waals surface area contributed by atoms with Gasteiger partial charge in [-0.15, -0.1) is 0 Å². The summed E-state index contributed by atoms with van der Waals surface area (Å²) in [6, 6.07) is 12.1. The third kappa shape index (κ3) is 3.17. The lowest BCUT2D eigenvalue weighted by Crippen LogP contribution is -2.24. The van der Waals surface area contributed by atoms with E-state index in [1.807, 2.05) is 6.07 Å². The van der Waals surface area contributed by atoms with Crippen LogP contribution in [0.3, 0.4) is 0 Å². The number of rotatable bonds is 4. The molecule has 5 nitrogen and oxygen atoms in total. The average molecular weight is 373 g/mol. The fourth-order valence-corrected chi connectivity index (χ4v) is 2.65. The summed E-state index contributed by atoms with van der Waals surface area (Å²) in [5.41, 5.74) is 0.849. The van der Waals surface area contributed by atoms with E-state index in [0.29, 0.717) is 22.2 Å². The van der Waals surface area contributed by atoms with Gasteiger partial charge in [0.25, 0.3) is 5.56 Å². The molecule has 0 amide bonds. The lowest BCUT2D eigenvalue weighted by atomic mass is 10.1. The maximum Gasteiger partial charge on any atom is 0.261 e. The maximum atomic E-state index is 12.5. The largest absolute Gasteiger partial charge is 0.497 e. The van der Waals surface area contributed by atoms with E-state index in [1.165, 1.54) is 10.9 Å². The minimum atomic E-state index is -0.243. The monoisotopic (exact) mass is 372 g/mol. The molecule has 0 saturated carbocycles. The van der Waals surface area contributed by atoms with Gasteiger partial charge >= 0.3 is 0 Å². The fourth-order valence-electron chi connectivity index (χ4n) is 2.29. The van der Waals surface area contributed by atoms with Gasteiger partial charge in [-0.05, 0) is 30.3 Å². The molecular weight excluding hydrogens is 360 g/mol. The summed E-state index contributed by atoms with van der Waals surface area (Å²) in [6.45, 7) is -0.0680. The maximum absolute atomic E-state index is 12.5. The minimum absolute atomic E-state index is 0.0680. The molecular formula is C17H13BrN2O3. The van der Waals surface area contributed by atoms with Crippen LogP contribution < -0.4 is 10.3 Å². The highest BCUT2D eigenvalue weighted by Gasteiger charge is 2.11. The fraction of sp³-hybridized carbons (Fsp3) is 0.118. The third-order valence-corrected chi connectivity index (χ3v) is 3.98. The van der Waals surface area contributed by atoms with Crippen LogP contribution in [-0.2, 0) is 6.54 Å². The molecule has 0 radical (unpaired) electrons. The van der Waals surface area contributed by atoms with Crippen LogP contribution in [0.1, 0.15) is 10.4 Å². The number of nitrogens with zero attached hydrogens (tertiary/aromatic N) is 2. The van der Waals surface area contributed by atoms with Crippen LogP contribution in [-0.4, -0.2) is 22.4 Å². The predicted octanol–water partition coefficient (Wildman–Crippen LogP) is 3.05. The Morgan fingerprint density at radius 3 is 2.87 bits per heavy atom. The second-order valence-corrected chi connectivity index (χ2v) is 5.91. The Balaban J connectivity index is 1.96. The topological polar surface area (TPSA) is 61.2 Å². The molecule has 116 valence electrons. The Labute approximate surface area is 140 Å². The summed E-state index contributed by atoms with van der Waals surface area (Å²) in [5.74, 6) is 0.422. The van der Waals surface area contributed by atoms with E-state index in [-0.39, 0.29) is 17.9 Å². The van der Waals surface area contributed by atoms with Crippen LogP contribution in [0.5, 0.6) is 5.75 Å². The molecule has 1 aromatic heterocycles. The number of benzene rings is 2. The van der Waals surface area contributed by atoms with Gasteiger partial charge in [-0.2, -0.15) is 0 Å². The molecule has 0 fully saturated rings. The molecule has 1 heterocycles. The quantitative estimate of drug-likeness (QED) is 0.660. The summed E-state index contributed by atoms with van der Waals surface area (Å²) in [4.78, 5) is 29.1. The second-order valence-electron chi connectivity index (χ2n) is 4.99. The summed E-state index contributed by atoms with van der Waals surface area (Å²) >= 11 is 3.34. The third-order valence-electron chi connectivity index (χ3n) is 3.49. The number of Topliss-reactive ketones (excluding diaryl/α,β-unsaturated/α-hetero) is 1. The predicted molar refractivity (Wildman–Crippen MR) is 91.0 cm³/mol. The van der Waals surface area contributed by atoms with Crippen molar-refractivity contribution in [2.45, 2.75) is 6.54 Å². The Hall–Kier alpha value is -2.47. The Morgan fingerprint density at radius 1 is 1.26 bits per heavy atom. The van der Waals surface area contributed by atoms with Crippen molar-refractivity contribution in [2.24, 2.45) is 0 Å². The molecule has 0 N–H and O–H groups in total. The van der Waals surface area contributed by atoms with E-state index in [9.17, 15) is 9.59 Å². The molecule has 6 heteroatoms. The number of hydrogen-bond acceptors (Lipinski definition) is 4. The van der Waals surface area contributed by atoms with Crippen molar-refractivity contribution < 1.29 is 9.53 Å². The van der Waals surface area contributed by atoms with Crippen LogP contribution in [0, 0.1) is 0 Å². The summed E-state index contributed by atoms with van der Waals surface area (Å²) < 4.78 is 7.22. The molecule has 0 aliphatic heterocycles. The van der Waals surface area contributed by atoms with Crippen molar-refractivity contribution in [3.63, 3.8) is 0 Å². The lowest BCUT2D eigenvalue weighted by molar-refractivity contribution is 0.0970. The first-order valence-corrected chi connectivity index (χ1v) is 7.70. The van der Waals surface area contributed by atoms with E-state index in [0.717, 1.165) is 4.47 Å². The van der Waals surface area contributed by atoms with Gasteiger partial charge in [-0.25, -0.2) is 4.98 Å². The summed E-state index contributed by atoms with van der Waals surface area (Å²) in [5, 5.41) is 0.473. The first-order valence-electron chi connectivity index (χ1n) is 6.90. The molecule has 23 heavy (non-hydrogen) atoms. The first kappa shape index (κ1) is 15.4. The van der Waals surface area contributed by atoms with Crippen molar-refractivity contribution in [1.29, 1.82) is 0 Å². The molecule has 2 aromatic carbocycles. The molecule has 0 unspecified atom stereocenters. The number of fused-ring (bicyclic) bond motifs is 1. The van der Waals surface area contributed by atoms with Gasteiger partial charge in [0.1, 0.15) is 5.75 Å². The molecule has 3 rings (SSSR count). The number of carbonyl (C=O) groups excluding carboxylic acids is 1. The second kappa shape index (κ2) is 6.34. The molecule has 3 aromatic rings. The molecule has 0 aliphatic rings. The van der Waals surface area contributed by atoms with E-state index in [2.05, 4.69) is 20.9 Å². The zero-order valence-corrected chi connectivity index (χ0v) is 13.9. The Bertz CT molecular complexity index is 950. The zero-order chi connectivity index (χ0) is 16.4. The number of ether oxygens (including phenoxy) is 1. The zero-order valence-electron chi connectivity index (χ0n) is 12.3. The number of ketones is 1. The van der Waals surface area contributed by atoms with Gasteiger partial charge in [0.2, 0.25) is 0 Å².